The number of hydrogen-bond donors (Lipinski definition) is 6. The minimum atomic E-state index is -1.16. The molecular formula is C13H25NO8. The second-order valence-electron chi connectivity index (χ2n) is 5.66. The molecule has 2 aliphatic heterocycles. The summed E-state index contributed by atoms with van der Waals surface area (Å²) in [6.07, 6.45) is -6.22. The molecule has 8 atom stereocenters. The third-order valence-electron chi connectivity index (χ3n) is 4.09. The maximum atomic E-state index is 9.91. The molecule has 9 heteroatoms. The van der Waals surface area contributed by atoms with Gasteiger partial charge >= 0.3 is 0 Å². The van der Waals surface area contributed by atoms with Crippen molar-refractivity contribution >= 4 is 0 Å². The van der Waals surface area contributed by atoms with Crippen LogP contribution in [0, 0.1) is 0 Å². The van der Waals surface area contributed by atoms with E-state index >= 15 is 0 Å². The first kappa shape index (κ1) is 18.0. The second-order valence-corrected chi connectivity index (χ2v) is 5.66. The smallest absolute Gasteiger partial charge is 0.160 e. The van der Waals surface area contributed by atoms with Crippen LogP contribution < -0.4 is 5.32 Å². The molecule has 130 valence electrons. The van der Waals surface area contributed by atoms with E-state index in [0.717, 1.165) is 0 Å². The Hall–Kier alpha value is -0.360. The van der Waals surface area contributed by atoms with Gasteiger partial charge in [-0.3, -0.25) is 0 Å². The summed E-state index contributed by atoms with van der Waals surface area (Å²) >= 11 is 0. The molecule has 0 saturated carbocycles. The highest BCUT2D eigenvalue weighted by Gasteiger charge is 2.40. The number of likely N-dealkylation sites (N-methyl/N-ethyl adjacent to an activating group) is 1. The normalized spacial score (nSPS) is 46.6. The zero-order chi connectivity index (χ0) is 16.3. The molecule has 9 nitrogen and oxygen atoms in total. The molecule has 0 amide bonds. The van der Waals surface area contributed by atoms with Gasteiger partial charge in [-0.1, -0.05) is 0 Å². The summed E-state index contributed by atoms with van der Waals surface area (Å²) in [4.78, 5) is 0. The van der Waals surface area contributed by atoms with Gasteiger partial charge in [0.15, 0.2) is 12.6 Å². The fourth-order valence-electron chi connectivity index (χ4n) is 2.84. The predicted octanol–water partition coefficient (Wildman–Crippen LogP) is -3.11. The summed E-state index contributed by atoms with van der Waals surface area (Å²) in [5, 5.41) is 50.8. The van der Waals surface area contributed by atoms with Crippen molar-refractivity contribution in [1.29, 1.82) is 0 Å². The molecule has 2 saturated heterocycles. The van der Waals surface area contributed by atoms with Crippen molar-refractivity contribution < 1.29 is 39.7 Å². The van der Waals surface area contributed by atoms with E-state index in [4.69, 9.17) is 19.3 Å². The van der Waals surface area contributed by atoms with E-state index < -0.39 is 55.7 Å². The van der Waals surface area contributed by atoms with Gasteiger partial charge in [-0.25, -0.2) is 0 Å². The zero-order valence-electron chi connectivity index (χ0n) is 12.4. The third kappa shape index (κ3) is 4.13. The molecule has 6 N–H and O–H groups in total. The molecule has 0 radical (unpaired) electrons. The van der Waals surface area contributed by atoms with Crippen molar-refractivity contribution in [3.63, 3.8) is 0 Å². The van der Waals surface area contributed by atoms with Crippen LogP contribution in [0.15, 0.2) is 0 Å². The van der Waals surface area contributed by atoms with Gasteiger partial charge in [-0.05, 0) is 7.05 Å². The van der Waals surface area contributed by atoms with E-state index in [0.29, 0.717) is 0 Å². The van der Waals surface area contributed by atoms with Crippen LogP contribution in [0.3, 0.4) is 0 Å². The quantitative estimate of drug-likeness (QED) is 0.310. The lowest BCUT2D eigenvalue weighted by molar-refractivity contribution is -0.276. The summed E-state index contributed by atoms with van der Waals surface area (Å²) in [7, 11) is 1.67. The van der Waals surface area contributed by atoms with Crippen LogP contribution >= 0.6 is 0 Å². The second kappa shape index (κ2) is 7.95. The van der Waals surface area contributed by atoms with Crippen molar-refractivity contribution in [2.45, 2.75) is 62.0 Å². The molecule has 4 unspecified atom stereocenters. The van der Waals surface area contributed by atoms with Crippen LogP contribution in [0.4, 0.5) is 0 Å². The predicted molar refractivity (Wildman–Crippen MR) is 72.7 cm³/mol. The molecule has 22 heavy (non-hydrogen) atoms. The van der Waals surface area contributed by atoms with Gasteiger partial charge in [-0.2, -0.15) is 0 Å². The van der Waals surface area contributed by atoms with Gasteiger partial charge in [-0.15, -0.1) is 0 Å². The Kier molecular flexibility index (Phi) is 6.50. The Balaban J connectivity index is 1.88. The van der Waals surface area contributed by atoms with E-state index in [9.17, 15) is 20.4 Å². The Labute approximate surface area is 128 Å². The van der Waals surface area contributed by atoms with Crippen molar-refractivity contribution in [3.05, 3.63) is 0 Å². The molecular weight excluding hydrogens is 298 g/mol. The monoisotopic (exact) mass is 323 g/mol. The first-order chi connectivity index (χ1) is 10.5. The topological polar surface area (TPSA) is 141 Å². The molecule has 0 aliphatic carbocycles. The number of aliphatic hydroxyl groups is 5. The van der Waals surface area contributed by atoms with E-state index in [-0.39, 0.29) is 19.4 Å². The minimum Gasteiger partial charge on any atom is -0.394 e. The number of nitrogens with one attached hydrogen (secondary N) is 1. The lowest BCUT2D eigenvalue weighted by atomic mass is 9.99. The lowest BCUT2D eigenvalue weighted by Gasteiger charge is -2.40. The highest BCUT2D eigenvalue weighted by molar-refractivity contribution is 4.88. The van der Waals surface area contributed by atoms with Crippen molar-refractivity contribution in [2.24, 2.45) is 0 Å². The van der Waals surface area contributed by atoms with E-state index in [2.05, 4.69) is 5.32 Å². The Morgan fingerprint density at radius 2 is 1.77 bits per heavy atom. The zero-order valence-corrected chi connectivity index (χ0v) is 12.4. The van der Waals surface area contributed by atoms with Crippen LogP contribution in [-0.2, 0) is 14.2 Å². The Morgan fingerprint density at radius 1 is 1.05 bits per heavy atom. The van der Waals surface area contributed by atoms with Crippen molar-refractivity contribution in [3.8, 4) is 0 Å². The molecule has 0 bridgehead atoms. The average Bonchev–Trinajstić information content (AvgIpc) is 2.47. The van der Waals surface area contributed by atoms with Gasteiger partial charge in [0.1, 0.15) is 18.3 Å². The van der Waals surface area contributed by atoms with Gasteiger partial charge in [0.2, 0.25) is 0 Å². The molecule has 2 fully saturated rings. The molecule has 0 aromatic carbocycles. The van der Waals surface area contributed by atoms with Crippen LogP contribution in [0.25, 0.3) is 0 Å². The van der Waals surface area contributed by atoms with Gasteiger partial charge in [0, 0.05) is 12.8 Å². The number of hydrogen-bond acceptors (Lipinski definition) is 9. The van der Waals surface area contributed by atoms with Gasteiger partial charge in [0.25, 0.3) is 0 Å². The van der Waals surface area contributed by atoms with Crippen LogP contribution in [0.5, 0.6) is 0 Å². The van der Waals surface area contributed by atoms with Crippen molar-refractivity contribution in [1.82, 2.24) is 5.32 Å². The van der Waals surface area contributed by atoms with Crippen molar-refractivity contribution in [2.75, 3.05) is 20.3 Å². The highest BCUT2D eigenvalue weighted by Crippen LogP contribution is 2.24. The van der Waals surface area contributed by atoms with E-state index in [1.165, 1.54) is 0 Å². The fourth-order valence-corrected chi connectivity index (χ4v) is 2.84. The number of aliphatic hydroxyl groups excluding tert-OH is 5. The summed E-state index contributed by atoms with van der Waals surface area (Å²) in [5.41, 5.74) is 0. The van der Waals surface area contributed by atoms with Crippen LogP contribution in [0.2, 0.25) is 0 Å². The lowest BCUT2D eigenvalue weighted by Crippen LogP contribution is -2.57. The SMILES string of the molecule is CN[C@H]1C(O)C[C@@H](O)OC1CO[C@@H]1CC(O)[C@H](O)C(CO)O1. The first-order valence-corrected chi connectivity index (χ1v) is 7.39. The number of rotatable bonds is 5. The molecule has 0 aromatic rings. The molecule has 2 rings (SSSR count). The highest BCUT2D eigenvalue weighted by atomic mass is 16.7. The van der Waals surface area contributed by atoms with Gasteiger partial charge in [0.05, 0.1) is 31.5 Å². The maximum Gasteiger partial charge on any atom is 0.160 e. The molecule has 0 aromatic heterocycles. The van der Waals surface area contributed by atoms with E-state index in [1.54, 1.807) is 7.05 Å². The number of ether oxygens (including phenoxy) is 3. The Bertz CT molecular complexity index is 346. The summed E-state index contributed by atoms with van der Waals surface area (Å²) in [6.45, 7) is -0.417. The fraction of sp³-hybridized carbons (Fsp3) is 1.00. The molecule has 2 heterocycles. The Morgan fingerprint density at radius 3 is 2.41 bits per heavy atom. The standard InChI is InChI=1S/C13H25NO8/c1-14-12-6(16)2-10(18)21-9(12)5-20-11-3-7(17)13(19)8(4-15)22-11/h6-19H,2-5H2,1H3/t6?,7?,8?,9?,10-,11-,12-,13-/m0/s1. The van der Waals surface area contributed by atoms with Crippen LogP contribution in [0.1, 0.15) is 12.8 Å². The summed E-state index contributed by atoms with van der Waals surface area (Å²) < 4.78 is 16.2. The summed E-state index contributed by atoms with van der Waals surface area (Å²) in [6, 6.07) is -0.406. The molecule has 2 aliphatic rings. The molecule has 0 spiro atoms. The minimum absolute atomic E-state index is 0.0191. The average molecular weight is 323 g/mol. The van der Waals surface area contributed by atoms with Crippen LogP contribution in [-0.4, -0.2) is 94.9 Å². The summed E-state index contributed by atoms with van der Waals surface area (Å²) in [5.74, 6) is 0. The third-order valence-corrected chi connectivity index (χ3v) is 4.09. The largest absolute Gasteiger partial charge is 0.394 e. The first-order valence-electron chi connectivity index (χ1n) is 7.39. The van der Waals surface area contributed by atoms with Gasteiger partial charge < -0.3 is 45.1 Å². The maximum absolute atomic E-state index is 9.91. The van der Waals surface area contributed by atoms with E-state index in [1.807, 2.05) is 0 Å².